The summed E-state index contributed by atoms with van der Waals surface area (Å²) >= 11 is 1.15. The number of nitriles is 1. The average Bonchev–Trinajstić information content (AvgIpc) is 3.17. The molecule has 5 nitrogen and oxygen atoms in total. The van der Waals surface area contributed by atoms with Crippen LogP contribution in [0, 0.1) is 17.1 Å². The number of amides is 1. The van der Waals surface area contributed by atoms with E-state index >= 15 is 0 Å². The zero-order chi connectivity index (χ0) is 21.5. The topological polar surface area (TPSA) is 79.2 Å². The molecule has 1 heterocycles. The summed E-state index contributed by atoms with van der Waals surface area (Å²) in [5.41, 5.74) is 1.45. The Morgan fingerprint density at radius 1 is 1.17 bits per heavy atom. The standard InChI is InChI=1S/C23H17FN2O3S/c1-2-29-23(28)20-18(15-8-4-3-5-9-15)14-30-22(20)26-21(27)17(13-25)12-16-10-6-7-11-19(16)24/h3-12,14H,2H2,1H3,(H,26,27)/b17-12+. The lowest BCUT2D eigenvalue weighted by Crippen LogP contribution is -2.16. The summed E-state index contributed by atoms with van der Waals surface area (Å²) in [6.45, 7) is 1.86. The molecular weight excluding hydrogens is 403 g/mol. The molecular formula is C23H17FN2O3S. The van der Waals surface area contributed by atoms with E-state index < -0.39 is 17.7 Å². The SMILES string of the molecule is CCOC(=O)c1c(-c2ccccc2)csc1NC(=O)/C(C#N)=C/c1ccccc1F. The van der Waals surface area contributed by atoms with Crippen molar-refractivity contribution in [3.63, 3.8) is 0 Å². The first-order valence-corrected chi connectivity index (χ1v) is 9.94. The molecule has 0 aliphatic heterocycles. The first kappa shape index (κ1) is 21.0. The van der Waals surface area contributed by atoms with Gasteiger partial charge >= 0.3 is 5.97 Å². The number of rotatable bonds is 6. The molecule has 0 saturated carbocycles. The van der Waals surface area contributed by atoms with Gasteiger partial charge < -0.3 is 10.1 Å². The van der Waals surface area contributed by atoms with Crippen LogP contribution in [0.1, 0.15) is 22.8 Å². The van der Waals surface area contributed by atoms with Crippen LogP contribution in [0.2, 0.25) is 0 Å². The maximum Gasteiger partial charge on any atom is 0.341 e. The first-order chi connectivity index (χ1) is 14.5. The number of benzene rings is 2. The van der Waals surface area contributed by atoms with Gasteiger partial charge in [-0.05, 0) is 24.6 Å². The third-order valence-corrected chi connectivity index (χ3v) is 5.05. The highest BCUT2D eigenvalue weighted by Gasteiger charge is 2.23. The van der Waals surface area contributed by atoms with Gasteiger partial charge in [-0.1, -0.05) is 48.5 Å². The molecule has 0 aliphatic rings. The Morgan fingerprint density at radius 2 is 1.87 bits per heavy atom. The molecule has 1 amide bonds. The number of carbonyl (C=O) groups excluding carboxylic acids is 2. The number of hydrogen-bond acceptors (Lipinski definition) is 5. The van der Waals surface area contributed by atoms with Crippen molar-refractivity contribution in [2.75, 3.05) is 11.9 Å². The second-order valence-corrected chi connectivity index (χ2v) is 6.97. The van der Waals surface area contributed by atoms with Crippen LogP contribution in [0.25, 0.3) is 17.2 Å². The number of nitrogens with one attached hydrogen (secondary N) is 1. The summed E-state index contributed by atoms with van der Waals surface area (Å²) in [4.78, 5) is 25.2. The minimum Gasteiger partial charge on any atom is -0.462 e. The fourth-order valence-corrected chi connectivity index (χ4v) is 3.71. The Kier molecular flexibility index (Phi) is 6.73. The van der Waals surface area contributed by atoms with Crippen LogP contribution in [0.4, 0.5) is 9.39 Å². The van der Waals surface area contributed by atoms with Gasteiger partial charge in [-0.3, -0.25) is 4.79 Å². The number of nitrogens with zero attached hydrogens (tertiary/aromatic N) is 1. The third-order valence-electron chi connectivity index (χ3n) is 4.15. The Labute approximate surface area is 177 Å². The van der Waals surface area contributed by atoms with Crippen LogP contribution >= 0.6 is 11.3 Å². The number of thiophene rings is 1. The maximum atomic E-state index is 13.9. The largest absolute Gasteiger partial charge is 0.462 e. The quantitative estimate of drug-likeness (QED) is 0.334. The summed E-state index contributed by atoms with van der Waals surface area (Å²) in [6.07, 6.45) is 1.17. The van der Waals surface area contributed by atoms with Crippen molar-refractivity contribution in [2.45, 2.75) is 6.92 Å². The fourth-order valence-electron chi connectivity index (χ4n) is 2.75. The van der Waals surface area contributed by atoms with Gasteiger partial charge in [-0.15, -0.1) is 11.3 Å². The number of esters is 1. The van der Waals surface area contributed by atoms with E-state index in [0.717, 1.165) is 16.9 Å². The summed E-state index contributed by atoms with van der Waals surface area (Å²) < 4.78 is 19.0. The van der Waals surface area contributed by atoms with Gasteiger partial charge in [0.25, 0.3) is 5.91 Å². The van der Waals surface area contributed by atoms with Crippen molar-refractivity contribution in [1.29, 1.82) is 5.26 Å². The van der Waals surface area contributed by atoms with Crippen molar-refractivity contribution in [1.82, 2.24) is 0 Å². The number of halogens is 1. The van der Waals surface area contributed by atoms with Crippen LogP contribution in [0.3, 0.4) is 0 Å². The molecule has 7 heteroatoms. The van der Waals surface area contributed by atoms with E-state index in [-0.39, 0.29) is 28.3 Å². The predicted molar refractivity (Wildman–Crippen MR) is 114 cm³/mol. The van der Waals surface area contributed by atoms with Crippen LogP contribution in [-0.2, 0) is 9.53 Å². The Balaban J connectivity index is 1.97. The molecule has 3 rings (SSSR count). The second kappa shape index (κ2) is 9.63. The molecule has 0 fully saturated rings. The summed E-state index contributed by atoms with van der Waals surface area (Å²) in [7, 11) is 0. The van der Waals surface area contributed by atoms with Crippen molar-refractivity contribution < 1.29 is 18.7 Å². The van der Waals surface area contributed by atoms with E-state index in [4.69, 9.17) is 4.74 Å². The van der Waals surface area contributed by atoms with E-state index in [1.54, 1.807) is 24.4 Å². The van der Waals surface area contributed by atoms with Gasteiger partial charge in [-0.25, -0.2) is 9.18 Å². The molecule has 3 aromatic rings. The minimum atomic E-state index is -0.743. The van der Waals surface area contributed by atoms with Crippen molar-refractivity contribution in [3.8, 4) is 17.2 Å². The molecule has 0 unspecified atom stereocenters. The van der Waals surface area contributed by atoms with Gasteiger partial charge in [0.1, 0.15) is 28.0 Å². The number of hydrogen-bond donors (Lipinski definition) is 1. The zero-order valence-corrected chi connectivity index (χ0v) is 16.8. The van der Waals surface area contributed by atoms with Crippen LogP contribution in [0.15, 0.2) is 65.6 Å². The Morgan fingerprint density at radius 3 is 2.53 bits per heavy atom. The lowest BCUT2D eigenvalue weighted by atomic mass is 10.0. The smallest absolute Gasteiger partial charge is 0.341 e. The number of anilines is 1. The van der Waals surface area contributed by atoms with Crippen LogP contribution in [-0.4, -0.2) is 18.5 Å². The molecule has 30 heavy (non-hydrogen) atoms. The predicted octanol–water partition coefficient (Wildman–Crippen LogP) is 5.28. The van der Waals surface area contributed by atoms with Gasteiger partial charge in [0.15, 0.2) is 0 Å². The summed E-state index contributed by atoms with van der Waals surface area (Å²) in [5, 5.41) is 14.0. The summed E-state index contributed by atoms with van der Waals surface area (Å²) in [6, 6.07) is 16.8. The normalized spacial score (nSPS) is 10.9. The fraction of sp³-hybridized carbons (Fsp3) is 0.0870. The molecule has 2 aromatic carbocycles. The van der Waals surface area contributed by atoms with Gasteiger partial charge in [0, 0.05) is 16.5 Å². The van der Waals surface area contributed by atoms with E-state index in [0.29, 0.717) is 5.56 Å². The Bertz CT molecular complexity index is 1150. The van der Waals surface area contributed by atoms with E-state index in [1.807, 2.05) is 30.3 Å². The molecule has 0 aliphatic carbocycles. The second-order valence-electron chi connectivity index (χ2n) is 6.09. The minimum absolute atomic E-state index is 0.117. The van der Waals surface area contributed by atoms with Gasteiger partial charge in [-0.2, -0.15) is 5.26 Å². The molecule has 1 aromatic heterocycles. The van der Waals surface area contributed by atoms with Crippen molar-refractivity contribution in [3.05, 3.63) is 82.5 Å². The van der Waals surface area contributed by atoms with Crippen LogP contribution in [0.5, 0.6) is 0 Å². The number of carbonyl (C=O) groups is 2. The molecule has 0 bridgehead atoms. The third kappa shape index (κ3) is 4.62. The zero-order valence-electron chi connectivity index (χ0n) is 16.0. The maximum absolute atomic E-state index is 13.9. The van der Waals surface area contributed by atoms with Gasteiger partial charge in [0.2, 0.25) is 0 Å². The molecule has 1 N–H and O–H groups in total. The molecule has 150 valence electrons. The number of ether oxygens (including phenoxy) is 1. The molecule has 0 radical (unpaired) electrons. The molecule has 0 atom stereocenters. The average molecular weight is 420 g/mol. The summed E-state index contributed by atoms with van der Waals surface area (Å²) in [5.74, 6) is -1.87. The van der Waals surface area contributed by atoms with E-state index in [9.17, 15) is 19.2 Å². The lowest BCUT2D eigenvalue weighted by molar-refractivity contribution is -0.112. The van der Waals surface area contributed by atoms with E-state index in [1.165, 1.54) is 24.3 Å². The molecule has 0 spiro atoms. The molecule has 0 saturated heterocycles. The highest BCUT2D eigenvalue weighted by atomic mass is 32.1. The highest BCUT2D eigenvalue weighted by Crippen LogP contribution is 2.36. The van der Waals surface area contributed by atoms with Crippen molar-refractivity contribution >= 4 is 34.3 Å². The lowest BCUT2D eigenvalue weighted by Gasteiger charge is -2.08. The Hall–Kier alpha value is -3.76. The first-order valence-electron chi connectivity index (χ1n) is 9.06. The van der Waals surface area contributed by atoms with Crippen LogP contribution < -0.4 is 5.32 Å². The highest BCUT2D eigenvalue weighted by molar-refractivity contribution is 7.15. The van der Waals surface area contributed by atoms with Crippen molar-refractivity contribution in [2.24, 2.45) is 0 Å². The monoisotopic (exact) mass is 420 g/mol. The van der Waals surface area contributed by atoms with E-state index in [2.05, 4.69) is 5.32 Å². The van der Waals surface area contributed by atoms with Gasteiger partial charge in [0.05, 0.1) is 6.61 Å².